The smallest absolute Gasteiger partial charge is 0.305 e. The minimum atomic E-state index is -0.804. The van der Waals surface area contributed by atoms with Crippen LogP contribution >= 0.6 is 0 Å². The molecule has 0 saturated heterocycles. The number of carboxylic acid groups (broad SMARTS) is 1. The van der Waals surface area contributed by atoms with Crippen LogP contribution in [0.15, 0.2) is 0 Å². The maximum Gasteiger partial charge on any atom is 0.305 e. The Morgan fingerprint density at radius 1 is 1.10 bits per heavy atom. The van der Waals surface area contributed by atoms with E-state index in [-0.39, 0.29) is 23.8 Å². The zero-order chi connectivity index (χ0) is 15.2. The summed E-state index contributed by atoms with van der Waals surface area (Å²) < 4.78 is 0. The van der Waals surface area contributed by atoms with Gasteiger partial charge in [0, 0.05) is 18.0 Å². The Bertz CT molecular complexity index is 408. The molecule has 1 amide bonds. The summed E-state index contributed by atoms with van der Waals surface area (Å²) in [6, 6.07) is 0. The minimum Gasteiger partial charge on any atom is -0.481 e. The van der Waals surface area contributed by atoms with Crippen LogP contribution in [0.4, 0.5) is 0 Å². The number of carbonyl (C=O) groups is 2. The van der Waals surface area contributed by atoms with E-state index in [1.165, 1.54) is 19.3 Å². The lowest BCUT2D eigenvalue weighted by Crippen LogP contribution is -2.62. The van der Waals surface area contributed by atoms with Gasteiger partial charge in [-0.2, -0.15) is 0 Å². The summed E-state index contributed by atoms with van der Waals surface area (Å²) in [4.78, 5) is 25.7. The maximum absolute atomic E-state index is 12.7. The van der Waals surface area contributed by atoms with Crippen LogP contribution in [-0.4, -0.2) is 34.0 Å². The maximum atomic E-state index is 12.7. The molecule has 0 heterocycles. The highest BCUT2D eigenvalue weighted by atomic mass is 16.4. The van der Waals surface area contributed by atoms with Crippen LogP contribution in [0, 0.1) is 23.7 Å². The lowest BCUT2D eigenvalue weighted by Gasteiger charge is -2.60. The van der Waals surface area contributed by atoms with Gasteiger partial charge in [-0.1, -0.05) is 13.8 Å². The van der Waals surface area contributed by atoms with Crippen LogP contribution in [0.25, 0.3) is 0 Å². The van der Waals surface area contributed by atoms with Gasteiger partial charge in [0.15, 0.2) is 0 Å². The van der Waals surface area contributed by atoms with Crippen molar-refractivity contribution in [3.05, 3.63) is 0 Å². The molecule has 0 atom stereocenters. The van der Waals surface area contributed by atoms with Gasteiger partial charge in [0.25, 0.3) is 0 Å². The van der Waals surface area contributed by atoms with E-state index in [2.05, 4.69) is 0 Å². The van der Waals surface area contributed by atoms with Gasteiger partial charge in [-0.15, -0.1) is 0 Å². The van der Waals surface area contributed by atoms with Crippen LogP contribution < -0.4 is 0 Å². The fraction of sp³-hybridized carbons (Fsp3) is 0.882. The molecule has 4 rings (SSSR count). The number of hydrogen-bond acceptors (Lipinski definition) is 2. The highest BCUT2D eigenvalue weighted by molar-refractivity contribution is 5.79. The average Bonchev–Trinajstić information content (AvgIpc) is 2.36. The number of hydrogen-bond donors (Lipinski definition) is 1. The van der Waals surface area contributed by atoms with Gasteiger partial charge in [0.05, 0.1) is 6.42 Å². The van der Waals surface area contributed by atoms with Gasteiger partial charge in [0.1, 0.15) is 0 Å². The SMILES string of the molecule is CC(C)C(=O)N(CCC(=O)O)C12CC3CC(CC(C3)C1)C2. The van der Waals surface area contributed by atoms with E-state index < -0.39 is 5.97 Å². The van der Waals surface area contributed by atoms with Crippen molar-refractivity contribution in [2.24, 2.45) is 23.7 Å². The average molecular weight is 293 g/mol. The predicted octanol–water partition coefficient (Wildman–Crippen LogP) is 2.91. The minimum absolute atomic E-state index is 0.0223. The number of carboxylic acids is 1. The molecule has 0 aromatic carbocycles. The third-order valence-corrected chi connectivity index (χ3v) is 5.89. The highest BCUT2D eigenvalue weighted by Gasteiger charge is 2.54. The Balaban J connectivity index is 1.84. The van der Waals surface area contributed by atoms with Gasteiger partial charge in [-0.05, 0) is 56.3 Å². The van der Waals surface area contributed by atoms with E-state index in [0.717, 1.165) is 37.0 Å². The fourth-order valence-electron chi connectivity index (χ4n) is 5.50. The molecule has 4 bridgehead atoms. The Kier molecular flexibility index (Phi) is 3.74. The molecule has 4 nitrogen and oxygen atoms in total. The van der Waals surface area contributed by atoms with Gasteiger partial charge < -0.3 is 10.0 Å². The second-order valence-electron chi connectivity index (χ2n) is 7.93. The summed E-state index contributed by atoms with van der Waals surface area (Å²) in [5.74, 6) is 1.60. The summed E-state index contributed by atoms with van der Waals surface area (Å²) in [7, 11) is 0. The van der Waals surface area contributed by atoms with Crippen LogP contribution in [0.5, 0.6) is 0 Å². The number of amides is 1. The fourth-order valence-corrected chi connectivity index (χ4v) is 5.50. The molecule has 4 aliphatic rings. The molecule has 1 N–H and O–H groups in total. The van der Waals surface area contributed by atoms with Crippen molar-refractivity contribution in [1.29, 1.82) is 0 Å². The van der Waals surface area contributed by atoms with E-state index in [0.29, 0.717) is 6.54 Å². The third kappa shape index (κ3) is 2.69. The molecule has 4 heteroatoms. The molecule has 4 saturated carbocycles. The number of aliphatic carboxylic acids is 1. The molecule has 4 aliphatic carbocycles. The lowest BCUT2D eigenvalue weighted by molar-refractivity contribution is -0.155. The van der Waals surface area contributed by atoms with E-state index >= 15 is 0 Å². The molecule has 0 unspecified atom stereocenters. The van der Waals surface area contributed by atoms with Crippen LogP contribution in [-0.2, 0) is 9.59 Å². The number of nitrogens with zero attached hydrogens (tertiary/aromatic N) is 1. The third-order valence-electron chi connectivity index (χ3n) is 5.89. The molecule has 0 aliphatic heterocycles. The largest absolute Gasteiger partial charge is 0.481 e. The zero-order valence-electron chi connectivity index (χ0n) is 13.2. The molecular formula is C17H27NO3. The van der Waals surface area contributed by atoms with Crippen molar-refractivity contribution in [2.45, 2.75) is 64.3 Å². The van der Waals surface area contributed by atoms with Crippen molar-refractivity contribution < 1.29 is 14.7 Å². The summed E-state index contributed by atoms with van der Waals surface area (Å²) in [6.07, 6.45) is 7.40. The summed E-state index contributed by atoms with van der Waals surface area (Å²) in [6.45, 7) is 4.24. The van der Waals surface area contributed by atoms with Gasteiger partial charge in [0.2, 0.25) is 5.91 Å². The molecule has 0 spiro atoms. The Hall–Kier alpha value is -1.06. The Morgan fingerprint density at radius 2 is 1.57 bits per heavy atom. The van der Waals surface area contributed by atoms with Crippen molar-refractivity contribution >= 4 is 11.9 Å². The molecule has 4 fully saturated rings. The first-order valence-corrected chi connectivity index (χ1v) is 8.43. The van der Waals surface area contributed by atoms with Crippen molar-refractivity contribution in [3.63, 3.8) is 0 Å². The van der Waals surface area contributed by atoms with Crippen LogP contribution in [0.2, 0.25) is 0 Å². The van der Waals surface area contributed by atoms with Crippen LogP contribution in [0.1, 0.15) is 58.8 Å². The molecule has 0 aromatic heterocycles. The topological polar surface area (TPSA) is 57.6 Å². The molecule has 0 aromatic rings. The standard InChI is InChI=1S/C17H27NO3/c1-11(2)16(21)18(4-3-15(19)20)17-8-12-5-13(9-17)7-14(6-12)10-17/h11-14H,3-10H2,1-2H3,(H,19,20). The number of rotatable bonds is 5. The van der Waals surface area contributed by atoms with Gasteiger partial charge in [-0.3, -0.25) is 9.59 Å². The second-order valence-corrected chi connectivity index (χ2v) is 7.93. The lowest BCUT2D eigenvalue weighted by atomic mass is 9.52. The quantitative estimate of drug-likeness (QED) is 0.848. The van der Waals surface area contributed by atoms with E-state index in [9.17, 15) is 9.59 Å². The Labute approximate surface area is 126 Å². The van der Waals surface area contributed by atoms with E-state index in [4.69, 9.17) is 5.11 Å². The summed E-state index contributed by atoms with van der Waals surface area (Å²) in [5.41, 5.74) is -0.0223. The first kappa shape index (κ1) is 14.9. The summed E-state index contributed by atoms with van der Waals surface area (Å²) in [5, 5.41) is 9.03. The normalized spacial score (nSPS) is 37.0. The summed E-state index contributed by atoms with van der Waals surface area (Å²) >= 11 is 0. The molecule has 0 radical (unpaired) electrons. The predicted molar refractivity (Wildman–Crippen MR) is 79.7 cm³/mol. The molecule has 118 valence electrons. The van der Waals surface area contributed by atoms with Crippen molar-refractivity contribution in [2.75, 3.05) is 6.54 Å². The van der Waals surface area contributed by atoms with Crippen molar-refractivity contribution in [3.8, 4) is 0 Å². The Morgan fingerprint density at radius 3 is 1.95 bits per heavy atom. The molecule has 21 heavy (non-hydrogen) atoms. The van der Waals surface area contributed by atoms with E-state index in [1.54, 1.807) is 0 Å². The van der Waals surface area contributed by atoms with Crippen LogP contribution in [0.3, 0.4) is 0 Å². The number of carbonyl (C=O) groups excluding carboxylic acids is 1. The first-order valence-electron chi connectivity index (χ1n) is 8.43. The zero-order valence-corrected chi connectivity index (χ0v) is 13.2. The molecular weight excluding hydrogens is 266 g/mol. The second kappa shape index (κ2) is 5.29. The van der Waals surface area contributed by atoms with Crippen molar-refractivity contribution in [1.82, 2.24) is 4.90 Å². The van der Waals surface area contributed by atoms with E-state index in [1.807, 2.05) is 18.7 Å². The highest BCUT2D eigenvalue weighted by Crippen LogP contribution is 2.58. The van der Waals surface area contributed by atoms with Gasteiger partial charge in [-0.25, -0.2) is 0 Å². The monoisotopic (exact) mass is 293 g/mol. The van der Waals surface area contributed by atoms with Gasteiger partial charge >= 0.3 is 5.97 Å². The first-order chi connectivity index (χ1) is 9.89.